The van der Waals surface area contributed by atoms with Crippen molar-refractivity contribution in [2.45, 2.75) is 9.79 Å². The van der Waals surface area contributed by atoms with Crippen molar-refractivity contribution in [2.75, 3.05) is 0 Å². The molecule has 22 heavy (non-hydrogen) atoms. The van der Waals surface area contributed by atoms with Crippen molar-refractivity contribution in [1.82, 2.24) is 0 Å². The van der Waals surface area contributed by atoms with Gasteiger partial charge in [-0.05, 0) is 48.5 Å². The molecule has 0 spiro atoms. The maximum absolute atomic E-state index is 10.7. The Labute approximate surface area is 125 Å². The molecule has 2 N–H and O–H groups in total. The van der Waals surface area contributed by atoms with Crippen molar-refractivity contribution in [1.29, 1.82) is 0 Å². The Kier molecular flexibility index (Phi) is 4.65. The van der Waals surface area contributed by atoms with E-state index in [0.717, 1.165) is 21.6 Å². The van der Waals surface area contributed by atoms with Gasteiger partial charge in [-0.3, -0.25) is 0 Å². The molecule has 0 bridgehead atoms. The first-order valence-electron chi connectivity index (χ1n) is 5.55. The molecular weight excluding hydrogens is 353 g/mol. The third kappa shape index (κ3) is 11.1. The van der Waals surface area contributed by atoms with Crippen molar-refractivity contribution in [3.63, 3.8) is 0 Å². The van der Waals surface area contributed by atoms with Gasteiger partial charge in [0.25, 0.3) is 0 Å². The van der Waals surface area contributed by atoms with Crippen LogP contribution in [-0.4, -0.2) is 10.2 Å². The fraction of sp³-hybridized carbons (Fsp3) is 0. The number of aromatic hydroxyl groups is 2. The maximum atomic E-state index is 9.87. The van der Waals surface area contributed by atoms with Crippen molar-refractivity contribution in [2.24, 2.45) is 0 Å². The number of hydrogen-bond donors (Lipinski definition) is 2. The number of thiol groups is 1. The first-order valence-corrected chi connectivity index (χ1v) is 8.47. The second-order valence-electron chi connectivity index (χ2n) is 4.10. The normalized spacial score (nSPS) is 14.3. The third-order valence-corrected chi connectivity index (χ3v) is 3.07. The summed E-state index contributed by atoms with van der Waals surface area (Å²) in [4.78, 5) is 2.22. The number of rotatable bonds is 2. The zero-order valence-corrected chi connectivity index (χ0v) is 12.5. The van der Waals surface area contributed by atoms with Crippen LogP contribution in [0.1, 0.15) is 0 Å². The average Bonchev–Trinajstić information content (AvgIpc) is 2.31. The number of benzene rings is 2. The van der Waals surface area contributed by atoms with E-state index in [0.29, 0.717) is 0 Å². The maximum Gasteiger partial charge on any atom is 0.158 e. The Balaban J connectivity index is 0.000000295. The summed E-state index contributed by atoms with van der Waals surface area (Å²) in [6.45, 7) is 0. The van der Waals surface area contributed by atoms with Gasteiger partial charge in [-0.2, -0.15) is 0 Å². The summed E-state index contributed by atoms with van der Waals surface area (Å²) in [5, 5.41) is 18.2. The zero-order valence-electron chi connectivity index (χ0n) is 10.7. The second-order valence-corrected chi connectivity index (χ2v) is 7.28. The monoisotopic (exact) mass is 364 g/mol. The number of halogens is 6. The molecule has 10 heteroatoms. The van der Waals surface area contributed by atoms with Crippen LogP contribution in [-0.2, 0) is 11.8 Å². The predicted octanol–water partition coefficient (Wildman–Crippen LogP) is 5.71. The van der Waals surface area contributed by atoms with E-state index < -0.39 is 7.81 Å². The molecule has 2 aromatic carbocycles. The molecule has 0 aliphatic heterocycles. The molecule has 0 amide bonds. The van der Waals surface area contributed by atoms with Gasteiger partial charge < -0.3 is 10.2 Å². The number of hydrogen-bond acceptors (Lipinski definition) is 2. The van der Waals surface area contributed by atoms with E-state index in [-0.39, 0.29) is 11.5 Å². The van der Waals surface area contributed by atoms with Gasteiger partial charge in [0.1, 0.15) is 11.5 Å². The first kappa shape index (κ1) is 18.4. The molecular formula is C12H11F6O2PS. The van der Waals surface area contributed by atoms with Gasteiger partial charge in [-0.15, -0.1) is 0 Å². The van der Waals surface area contributed by atoms with Crippen molar-refractivity contribution >= 4 is 19.6 Å². The van der Waals surface area contributed by atoms with E-state index in [2.05, 4.69) is 0 Å². The van der Waals surface area contributed by atoms with Gasteiger partial charge in [-0.25, -0.2) is 0 Å². The summed E-state index contributed by atoms with van der Waals surface area (Å²) >= 11 is 1.06. The molecule has 0 aliphatic rings. The molecule has 0 aromatic heterocycles. The molecule has 0 radical (unpaired) electrons. The standard InChI is InChI=1S/C12H10O2S.F6P/c13-9-1-5-11(6-2-9)15-12-7-3-10(14)4-8-12;1-7(2,3,4,5)6/h1-8,13-14H;/q;-1/p+1. The van der Waals surface area contributed by atoms with Crippen molar-refractivity contribution < 1.29 is 35.4 Å². The fourth-order valence-electron chi connectivity index (χ4n) is 1.20. The van der Waals surface area contributed by atoms with Crippen LogP contribution >= 0.6 is 7.81 Å². The van der Waals surface area contributed by atoms with E-state index in [1.165, 1.54) is 0 Å². The summed E-state index contributed by atoms with van der Waals surface area (Å²) in [6.07, 6.45) is 0. The Morgan fingerprint density at radius 2 is 0.818 bits per heavy atom. The minimum Gasteiger partial charge on any atom is -0.508 e. The predicted molar refractivity (Wildman–Crippen MR) is 75.1 cm³/mol. The van der Waals surface area contributed by atoms with Gasteiger partial charge in [0, 0.05) is 11.8 Å². The van der Waals surface area contributed by atoms with E-state index in [1.54, 1.807) is 24.3 Å². The summed E-state index contributed by atoms with van der Waals surface area (Å²) in [5.41, 5.74) is 0. The summed E-state index contributed by atoms with van der Waals surface area (Å²) in [5.74, 6) is 0.555. The quantitative estimate of drug-likeness (QED) is 0.310. The molecule has 124 valence electrons. The SMILES string of the molecule is F[P-](F)(F)(F)(F)F.Oc1ccc([SH+]c2ccc(O)cc2)cc1. The Morgan fingerprint density at radius 3 is 1.05 bits per heavy atom. The van der Waals surface area contributed by atoms with E-state index in [4.69, 9.17) is 10.2 Å². The Bertz CT molecular complexity index is 570. The smallest absolute Gasteiger partial charge is 0.158 e. The van der Waals surface area contributed by atoms with E-state index >= 15 is 0 Å². The van der Waals surface area contributed by atoms with Crippen LogP contribution in [0.2, 0.25) is 0 Å². The van der Waals surface area contributed by atoms with Crippen molar-refractivity contribution in [3.8, 4) is 11.5 Å². The van der Waals surface area contributed by atoms with Gasteiger partial charge in [0.2, 0.25) is 0 Å². The third-order valence-electron chi connectivity index (χ3n) is 1.96. The molecule has 2 aromatic rings. The van der Waals surface area contributed by atoms with Gasteiger partial charge in [0.05, 0.1) is 0 Å². The summed E-state index contributed by atoms with van der Waals surface area (Å²) in [7, 11) is -10.7. The van der Waals surface area contributed by atoms with Crippen LogP contribution in [0.25, 0.3) is 0 Å². The molecule has 0 unspecified atom stereocenters. The zero-order chi connectivity index (χ0) is 17.1. The molecule has 0 saturated carbocycles. The van der Waals surface area contributed by atoms with Crippen LogP contribution in [0.4, 0.5) is 25.2 Å². The topological polar surface area (TPSA) is 40.5 Å². The van der Waals surface area contributed by atoms with Crippen LogP contribution in [0, 0.1) is 0 Å². The summed E-state index contributed by atoms with van der Waals surface area (Å²) in [6, 6.07) is 14.2. The molecule has 2 rings (SSSR count). The largest absolute Gasteiger partial charge is 0.508 e. The van der Waals surface area contributed by atoms with Gasteiger partial charge in [-0.1, -0.05) is 0 Å². The fourth-order valence-corrected chi connectivity index (χ4v) is 2.10. The molecule has 0 saturated heterocycles. The van der Waals surface area contributed by atoms with Crippen LogP contribution in [0.3, 0.4) is 0 Å². The van der Waals surface area contributed by atoms with E-state index in [9.17, 15) is 25.2 Å². The van der Waals surface area contributed by atoms with Gasteiger partial charge in [0.15, 0.2) is 9.79 Å². The van der Waals surface area contributed by atoms with Crippen LogP contribution in [0.5, 0.6) is 11.5 Å². The molecule has 2 nitrogen and oxygen atoms in total. The second kappa shape index (κ2) is 5.55. The average molecular weight is 364 g/mol. The minimum atomic E-state index is -10.7. The van der Waals surface area contributed by atoms with Crippen LogP contribution < -0.4 is 0 Å². The van der Waals surface area contributed by atoms with E-state index in [1.807, 2.05) is 24.3 Å². The Morgan fingerprint density at radius 1 is 0.591 bits per heavy atom. The summed E-state index contributed by atoms with van der Waals surface area (Å²) < 4.78 is 59.2. The number of phenols is 2. The van der Waals surface area contributed by atoms with Gasteiger partial charge >= 0.3 is 33.0 Å². The molecule has 0 aliphatic carbocycles. The van der Waals surface area contributed by atoms with Crippen LogP contribution in [0.15, 0.2) is 58.3 Å². The minimum absolute atomic E-state index is 0.277. The molecule has 0 atom stereocenters. The van der Waals surface area contributed by atoms with Crippen molar-refractivity contribution in [3.05, 3.63) is 48.5 Å². The number of phenolic OH excluding ortho intramolecular Hbond substituents is 2. The molecule has 0 heterocycles. The first-order chi connectivity index (χ1) is 9.69. The Hall–Kier alpha value is -1.60. The molecule has 0 fully saturated rings.